The summed E-state index contributed by atoms with van der Waals surface area (Å²) in [5.41, 5.74) is 30.8. The van der Waals surface area contributed by atoms with Gasteiger partial charge in [-0.05, 0) is 174 Å². The summed E-state index contributed by atoms with van der Waals surface area (Å²) in [6, 6.07) is 23.8. The maximum absolute atomic E-state index is 9.62. The molecule has 12 nitrogen and oxygen atoms in total. The molecule has 5 aromatic rings. The largest absolute Gasteiger partial charge is 0.491 e. The van der Waals surface area contributed by atoms with Gasteiger partial charge in [-0.1, -0.05) is 34.4 Å². The molecule has 2 aliphatic carbocycles. The van der Waals surface area contributed by atoms with Crippen molar-refractivity contribution in [3.63, 3.8) is 0 Å². The highest BCUT2D eigenvalue weighted by molar-refractivity contribution is 5.61. The van der Waals surface area contributed by atoms with E-state index < -0.39 is 11.1 Å². The molecule has 0 amide bonds. The van der Waals surface area contributed by atoms with E-state index in [4.69, 9.17) is 32.9 Å². The number of terminal acetylenes is 1. The number of azide groups is 1. The minimum atomic E-state index is -0.531. The number of nitrogens with zero attached hydrogens (tertiary/aromatic N) is 6. The average Bonchev–Trinajstić information content (AvgIpc) is 3.70. The minimum absolute atomic E-state index is 0.0000110. The molecular formula is C46H56N8O4. The van der Waals surface area contributed by atoms with Crippen molar-refractivity contribution in [2.75, 3.05) is 13.2 Å². The van der Waals surface area contributed by atoms with E-state index in [1.54, 1.807) is 10.7 Å². The molecule has 0 bridgehead atoms. The lowest BCUT2D eigenvalue weighted by atomic mass is 9.79. The van der Waals surface area contributed by atoms with E-state index in [0.717, 1.165) is 76.4 Å². The molecule has 58 heavy (non-hydrogen) atoms. The lowest BCUT2D eigenvalue weighted by Gasteiger charge is -2.33. The van der Waals surface area contributed by atoms with Gasteiger partial charge in [-0.15, -0.1) is 11.5 Å². The van der Waals surface area contributed by atoms with Crippen LogP contribution in [0.2, 0.25) is 0 Å². The van der Waals surface area contributed by atoms with E-state index in [-0.39, 0.29) is 25.4 Å². The Morgan fingerprint density at radius 1 is 0.810 bits per heavy atom. The second-order valence-electron chi connectivity index (χ2n) is 16.0. The smallest absolute Gasteiger partial charge is 0.122 e. The molecule has 12 heteroatoms. The Bertz CT molecular complexity index is 2290. The van der Waals surface area contributed by atoms with Gasteiger partial charge < -0.3 is 31.2 Å². The van der Waals surface area contributed by atoms with E-state index in [9.17, 15) is 10.2 Å². The number of aryl methyl sites for hydroxylation is 4. The van der Waals surface area contributed by atoms with Crippen molar-refractivity contribution < 1.29 is 19.7 Å². The van der Waals surface area contributed by atoms with Crippen molar-refractivity contribution in [2.45, 2.75) is 103 Å². The Morgan fingerprint density at radius 2 is 1.38 bits per heavy atom. The van der Waals surface area contributed by atoms with Gasteiger partial charge in [0.05, 0.1) is 37.3 Å². The normalized spacial score (nSPS) is 18.0. The molecular weight excluding hydrogens is 729 g/mol. The highest BCUT2D eigenvalue weighted by Gasteiger charge is 2.31. The zero-order valence-electron chi connectivity index (χ0n) is 34.4. The standard InChI is InChI=1S/C23H28N4O2.C12H14O.C11H14N4O/c1-15(2)29-22-7-5-18(10-16(22)3)21-13-27(26-25-21)20-6-4-17-8-9-23(24,14-28)12-19(17)11-20;1-5-11-6-7-12(10(4)8-11)13-9(2)3;12-11(7-16)4-3-8-1-2-10(14-15-13)5-9(8)6-11/h4-7,10-11,13,15,28H,8-9,12,14,24H2,1-3H3;1,6-9H,2-4H3;1-2,5,16H,3-4,6-7,12H2. The van der Waals surface area contributed by atoms with Crippen molar-refractivity contribution in [1.82, 2.24) is 15.0 Å². The van der Waals surface area contributed by atoms with Gasteiger partial charge in [0.25, 0.3) is 0 Å². The van der Waals surface area contributed by atoms with Gasteiger partial charge in [-0.2, -0.15) is 0 Å². The van der Waals surface area contributed by atoms with Crippen molar-refractivity contribution in [1.29, 1.82) is 0 Å². The maximum Gasteiger partial charge on any atom is 0.122 e. The molecule has 1 aromatic heterocycles. The number of benzene rings is 4. The second-order valence-corrected chi connectivity index (χ2v) is 16.0. The molecule has 304 valence electrons. The first-order valence-electron chi connectivity index (χ1n) is 19.7. The minimum Gasteiger partial charge on any atom is -0.491 e. The average molecular weight is 785 g/mol. The summed E-state index contributed by atoms with van der Waals surface area (Å²) in [4.78, 5) is 2.76. The summed E-state index contributed by atoms with van der Waals surface area (Å²) >= 11 is 0. The summed E-state index contributed by atoms with van der Waals surface area (Å²) in [5, 5.41) is 31.1. The Kier molecular flexibility index (Phi) is 14.4. The number of rotatable bonds is 9. The molecule has 0 fully saturated rings. The molecule has 1 heterocycles. The van der Waals surface area contributed by atoms with Crippen LogP contribution in [0.5, 0.6) is 11.5 Å². The van der Waals surface area contributed by atoms with Gasteiger partial charge >= 0.3 is 0 Å². The number of aliphatic hydroxyl groups is 2. The fraction of sp³-hybridized carbons (Fsp3) is 0.391. The number of nitrogens with two attached hydrogens (primary N) is 2. The van der Waals surface area contributed by atoms with Crippen LogP contribution in [-0.4, -0.2) is 61.7 Å². The van der Waals surface area contributed by atoms with Gasteiger partial charge in [-0.3, -0.25) is 0 Å². The lowest BCUT2D eigenvalue weighted by Crippen LogP contribution is -2.48. The monoisotopic (exact) mass is 784 g/mol. The van der Waals surface area contributed by atoms with Gasteiger partial charge in [0.15, 0.2) is 0 Å². The van der Waals surface area contributed by atoms with Crippen LogP contribution in [0.4, 0.5) is 5.69 Å². The first kappa shape index (κ1) is 43.5. The Morgan fingerprint density at radius 3 is 1.91 bits per heavy atom. The van der Waals surface area contributed by atoms with E-state index in [1.165, 1.54) is 16.7 Å². The summed E-state index contributed by atoms with van der Waals surface area (Å²) in [6.45, 7) is 12.1. The van der Waals surface area contributed by atoms with Crippen molar-refractivity contribution >= 4 is 5.69 Å². The van der Waals surface area contributed by atoms with E-state index in [2.05, 4.69) is 50.5 Å². The summed E-state index contributed by atoms with van der Waals surface area (Å²) < 4.78 is 13.2. The number of ether oxygens (including phenoxy) is 2. The highest BCUT2D eigenvalue weighted by atomic mass is 16.5. The zero-order valence-corrected chi connectivity index (χ0v) is 34.4. The lowest BCUT2D eigenvalue weighted by molar-refractivity contribution is 0.181. The number of aromatic nitrogens is 3. The van der Waals surface area contributed by atoms with E-state index >= 15 is 0 Å². The number of aliphatic hydroxyl groups excluding tert-OH is 2. The highest BCUT2D eigenvalue weighted by Crippen LogP contribution is 2.31. The molecule has 2 unspecified atom stereocenters. The molecule has 0 saturated heterocycles. The Balaban J connectivity index is 0.000000186. The summed E-state index contributed by atoms with van der Waals surface area (Å²) in [7, 11) is 0. The van der Waals surface area contributed by atoms with Gasteiger partial charge in [0, 0.05) is 32.8 Å². The Labute approximate surface area is 341 Å². The van der Waals surface area contributed by atoms with Crippen molar-refractivity contribution in [3.8, 4) is 40.8 Å². The number of hydrogen-bond acceptors (Lipinski definition) is 9. The van der Waals surface area contributed by atoms with Crippen LogP contribution in [-0.2, 0) is 25.7 Å². The molecule has 4 aromatic carbocycles. The maximum atomic E-state index is 9.62. The van der Waals surface area contributed by atoms with Crippen LogP contribution in [0.15, 0.2) is 84.1 Å². The molecule has 6 N–H and O–H groups in total. The number of hydrogen-bond donors (Lipinski definition) is 4. The molecule has 0 radical (unpaired) electrons. The van der Waals surface area contributed by atoms with Crippen LogP contribution in [0.1, 0.15) is 79.5 Å². The predicted octanol–water partition coefficient (Wildman–Crippen LogP) is 7.78. The SMILES string of the molecule is C#Cc1ccc(OC(C)C)c(C)c1.Cc1cc(-c2cn(-c3ccc4c(c3)CC(N)(CO)CC4)nn2)ccc1OC(C)C.[N-]=[N+]=Nc1ccc2c(c1)CC(N)(CO)CC2. The fourth-order valence-electron chi connectivity index (χ4n) is 7.11. The van der Waals surface area contributed by atoms with Crippen LogP contribution in [0.3, 0.4) is 0 Å². The first-order chi connectivity index (χ1) is 27.7. The van der Waals surface area contributed by atoms with Crippen LogP contribution < -0.4 is 20.9 Å². The topological polar surface area (TPSA) is 190 Å². The van der Waals surface area contributed by atoms with Crippen LogP contribution in [0, 0.1) is 26.2 Å². The van der Waals surface area contributed by atoms with Gasteiger partial charge in [0.1, 0.15) is 17.2 Å². The van der Waals surface area contributed by atoms with Gasteiger partial charge in [0.2, 0.25) is 0 Å². The second kappa shape index (κ2) is 19.2. The third-order valence-corrected chi connectivity index (χ3v) is 10.3. The van der Waals surface area contributed by atoms with Gasteiger partial charge in [-0.25, -0.2) is 4.68 Å². The van der Waals surface area contributed by atoms with Crippen molar-refractivity contribution in [3.05, 3.63) is 128 Å². The summed E-state index contributed by atoms with van der Waals surface area (Å²) in [5.74, 6) is 4.39. The zero-order chi connectivity index (χ0) is 42.0. The molecule has 2 atom stereocenters. The third kappa shape index (κ3) is 11.3. The molecule has 0 spiro atoms. The molecule has 0 saturated carbocycles. The van der Waals surface area contributed by atoms with Crippen LogP contribution >= 0.6 is 0 Å². The first-order valence-corrected chi connectivity index (χ1v) is 19.7. The third-order valence-electron chi connectivity index (χ3n) is 10.3. The molecule has 0 aliphatic heterocycles. The fourth-order valence-corrected chi connectivity index (χ4v) is 7.11. The predicted molar refractivity (Wildman–Crippen MR) is 229 cm³/mol. The summed E-state index contributed by atoms with van der Waals surface area (Å²) in [6.07, 6.45) is 12.2. The Hall–Kier alpha value is -5.67. The van der Waals surface area contributed by atoms with E-state index in [1.807, 2.05) is 90.2 Å². The molecule has 7 rings (SSSR count). The van der Waals surface area contributed by atoms with Crippen molar-refractivity contribution in [2.24, 2.45) is 16.6 Å². The van der Waals surface area contributed by atoms with Crippen LogP contribution in [0.25, 0.3) is 27.4 Å². The quantitative estimate of drug-likeness (QED) is 0.0504. The number of fused-ring (bicyclic) bond motifs is 2. The molecule has 2 aliphatic rings. The van der Waals surface area contributed by atoms with E-state index in [0.29, 0.717) is 18.5 Å².